The molecule has 0 aromatic carbocycles. The van der Waals surface area contributed by atoms with Gasteiger partial charge in [0.25, 0.3) is 0 Å². The number of nitrogens with one attached hydrogen (secondary N) is 1. The van der Waals surface area contributed by atoms with Gasteiger partial charge in [0, 0.05) is 4.88 Å². The summed E-state index contributed by atoms with van der Waals surface area (Å²) in [5, 5.41) is 5.60. The van der Waals surface area contributed by atoms with Crippen LogP contribution in [0.5, 0.6) is 0 Å². The van der Waals surface area contributed by atoms with Gasteiger partial charge < -0.3 is 5.32 Å². The molecule has 0 fully saturated rings. The zero-order valence-corrected chi connectivity index (χ0v) is 10.1. The van der Waals surface area contributed by atoms with E-state index in [0.29, 0.717) is 0 Å². The van der Waals surface area contributed by atoms with Crippen LogP contribution in [0, 0.1) is 5.92 Å². The second-order valence-electron chi connectivity index (χ2n) is 3.70. The van der Waals surface area contributed by atoms with Crippen LogP contribution < -0.4 is 5.32 Å². The Bertz CT molecular complexity index is 218. The highest BCUT2D eigenvalue weighted by Gasteiger charge is 2.05. The van der Waals surface area contributed by atoms with Gasteiger partial charge in [-0.3, -0.25) is 0 Å². The molecule has 0 amide bonds. The van der Waals surface area contributed by atoms with Gasteiger partial charge in [0.2, 0.25) is 0 Å². The van der Waals surface area contributed by atoms with Crippen molar-refractivity contribution in [2.24, 2.45) is 5.92 Å². The average molecular weight is 211 g/mol. The predicted octanol–water partition coefficient (Wildman–Crippen LogP) is 3.32. The zero-order chi connectivity index (χ0) is 10.2. The average Bonchev–Trinajstić information content (AvgIpc) is 2.71. The molecule has 0 aliphatic heterocycles. The molecule has 0 saturated heterocycles. The van der Waals surface area contributed by atoms with E-state index in [1.54, 1.807) is 0 Å². The summed E-state index contributed by atoms with van der Waals surface area (Å²) in [6.07, 6.45) is 3.87. The van der Waals surface area contributed by atoms with E-state index < -0.39 is 0 Å². The lowest BCUT2D eigenvalue weighted by molar-refractivity contribution is 0.440. The lowest BCUT2D eigenvalue weighted by Crippen LogP contribution is -2.22. The molecule has 14 heavy (non-hydrogen) atoms. The fraction of sp³-hybridized carbons (Fsp3) is 0.667. The number of hydrogen-bond donors (Lipinski definition) is 1. The van der Waals surface area contributed by atoms with Crippen molar-refractivity contribution < 1.29 is 0 Å². The van der Waals surface area contributed by atoms with Gasteiger partial charge in [0.05, 0.1) is 0 Å². The van der Waals surface area contributed by atoms with Crippen molar-refractivity contribution in [3.8, 4) is 0 Å². The summed E-state index contributed by atoms with van der Waals surface area (Å²) in [7, 11) is 0. The van der Waals surface area contributed by atoms with Crippen LogP contribution in [-0.4, -0.2) is 13.1 Å². The summed E-state index contributed by atoms with van der Waals surface area (Å²) >= 11 is 1.88. The molecule has 80 valence electrons. The van der Waals surface area contributed by atoms with Crippen molar-refractivity contribution >= 4 is 11.3 Å². The Morgan fingerprint density at radius 2 is 2.29 bits per heavy atom. The van der Waals surface area contributed by atoms with Crippen LogP contribution in [0.3, 0.4) is 0 Å². The van der Waals surface area contributed by atoms with Crippen molar-refractivity contribution in [3.63, 3.8) is 0 Å². The minimum Gasteiger partial charge on any atom is -0.317 e. The lowest BCUT2D eigenvalue weighted by Gasteiger charge is -2.14. The third-order valence-corrected chi connectivity index (χ3v) is 3.58. The monoisotopic (exact) mass is 211 g/mol. The van der Waals surface area contributed by atoms with Crippen LogP contribution in [0.4, 0.5) is 0 Å². The lowest BCUT2D eigenvalue weighted by atomic mass is 10.00. The standard InChI is InChI=1S/C12H21NS/c1-3-11(10-13-4-2)7-8-12-6-5-9-14-12/h5-6,9,11,13H,3-4,7-8,10H2,1-2H3. The topological polar surface area (TPSA) is 12.0 Å². The molecule has 1 heterocycles. The second-order valence-corrected chi connectivity index (χ2v) is 4.73. The summed E-state index contributed by atoms with van der Waals surface area (Å²) < 4.78 is 0. The van der Waals surface area contributed by atoms with Crippen LogP contribution in [0.15, 0.2) is 17.5 Å². The van der Waals surface area contributed by atoms with Crippen molar-refractivity contribution in [1.29, 1.82) is 0 Å². The number of thiophene rings is 1. The van der Waals surface area contributed by atoms with Crippen molar-refractivity contribution in [1.82, 2.24) is 5.32 Å². The first-order valence-corrected chi connectivity index (χ1v) is 6.47. The zero-order valence-electron chi connectivity index (χ0n) is 9.25. The molecular formula is C12H21NS. The molecule has 0 bridgehead atoms. The Kier molecular flexibility index (Phi) is 5.88. The van der Waals surface area contributed by atoms with E-state index in [2.05, 4.69) is 36.7 Å². The van der Waals surface area contributed by atoms with Crippen molar-refractivity contribution in [3.05, 3.63) is 22.4 Å². The summed E-state index contributed by atoms with van der Waals surface area (Å²) in [6.45, 7) is 6.73. The Morgan fingerprint density at radius 1 is 1.43 bits per heavy atom. The SMILES string of the molecule is CCNCC(CC)CCc1cccs1. The van der Waals surface area contributed by atoms with Gasteiger partial charge in [0.1, 0.15) is 0 Å². The highest BCUT2D eigenvalue weighted by molar-refractivity contribution is 7.09. The smallest absolute Gasteiger partial charge is 0.00453 e. The van der Waals surface area contributed by atoms with E-state index in [-0.39, 0.29) is 0 Å². The van der Waals surface area contributed by atoms with Gasteiger partial charge in [-0.05, 0) is 43.3 Å². The summed E-state index contributed by atoms with van der Waals surface area (Å²) in [5.41, 5.74) is 0. The first-order chi connectivity index (χ1) is 6.86. The largest absolute Gasteiger partial charge is 0.317 e. The van der Waals surface area contributed by atoms with Crippen LogP contribution >= 0.6 is 11.3 Å². The Hall–Kier alpha value is -0.340. The quantitative estimate of drug-likeness (QED) is 0.729. The van der Waals surface area contributed by atoms with E-state index in [0.717, 1.165) is 12.5 Å². The van der Waals surface area contributed by atoms with Gasteiger partial charge >= 0.3 is 0 Å². The summed E-state index contributed by atoms with van der Waals surface area (Å²) in [6, 6.07) is 4.38. The van der Waals surface area contributed by atoms with Crippen molar-refractivity contribution in [2.75, 3.05) is 13.1 Å². The van der Waals surface area contributed by atoms with Gasteiger partial charge in [-0.15, -0.1) is 11.3 Å². The molecule has 0 radical (unpaired) electrons. The molecule has 2 heteroatoms. The molecule has 1 nitrogen and oxygen atoms in total. The normalized spacial score (nSPS) is 13.0. The van der Waals surface area contributed by atoms with Gasteiger partial charge in [-0.2, -0.15) is 0 Å². The van der Waals surface area contributed by atoms with E-state index in [9.17, 15) is 0 Å². The summed E-state index contributed by atoms with van der Waals surface area (Å²) in [5.74, 6) is 0.844. The van der Waals surface area contributed by atoms with E-state index in [1.807, 2.05) is 11.3 Å². The van der Waals surface area contributed by atoms with Gasteiger partial charge in [0.15, 0.2) is 0 Å². The van der Waals surface area contributed by atoms with E-state index >= 15 is 0 Å². The molecule has 1 unspecified atom stereocenters. The molecular weight excluding hydrogens is 190 g/mol. The molecule has 1 aromatic heterocycles. The first kappa shape index (κ1) is 11.7. The van der Waals surface area contributed by atoms with E-state index in [1.165, 1.54) is 30.7 Å². The van der Waals surface area contributed by atoms with E-state index in [4.69, 9.17) is 0 Å². The minimum absolute atomic E-state index is 0.844. The highest BCUT2D eigenvalue weighted by atomic mass is 32.1. The van der Waals surface area contributed by atoms with Crippen LogP contribution in [0.2, 0.25) is 0 Å². The molecule has 1 aromatic rings. The van der Waals surface area contributed by atoms with Crippen LogP contribution in [-0.2, 0) is 6.42 Å². The molecule has 0 saturated carbocycles. The number of hydrogen-bond acceptors (Lipinski definition) is 2. The molecule has 0 spiro atoms. The fourth-order valence-electron chi connectivity index (χ4n) is 1.60. The Labute approximate surface area is 91.5 Å². The molecule has 1 rings (SSSR count). The van der Waals surface area contributed by atoms with Crippen molar-refractivity contribution in [2.45, 2.75) is 33.1 Å². The van der Waals surface area contributed by atoms with Gasteiger partial charge in [-0.25, -0.2) is 0 Å². The van der Waals surface area contributed by atoms with Crippen LogP contribution in [0.1, 0.15) is 31.6 Å². The fourth-order valence-corrected chi connectivity index (χ4v) is 2.32. The molecule has 1 N–H and O–H groups in total. The third-order valence-electron chi connectivity index (χ3n) is 2.64. The highest BCUT2D eigenvalue weighted by Crippen LogP contribution is 2.16. The summed E-state index contributed by atoms with van der Waals surface area (Å²) in [4.78, 5) is 1.53. The third kappa shape index (κ3) is 4.25. The Balaban J connectivity index is 2.20. The van der Waals surface area contributed by atoms with Gasteiger partial charge in [-0.1, -0.05) is 26.3 Å². The molecule has 0 aliphatic rings. The maximum atomic E-state index is 3.43. The number of aryl methyl sites for hydroxylation is 1. The maximum absolute atomic E-state index is 3.43. The minimum atomic E-state index is 0.844. The maximum Gasteiger partial charge on any atom is 0.00453 e. The molecule has 0 aliphatic carbocycles. The number of rotatable bonds is 7. The second kappa shape index (κ2) is 7.02. The molecule has 1 atom stereocenters. The Morgan fingerprint density at radius 3 is 2.86 bits per heavy atom. The van der Waals surface area contributed by atoms with Crippen LogP contribution in [0.25, 0.3) is 0 Å². The first-order valence-electron chi connectivity index (χ1n) is 5.59. The predicted molar refractivity (Wildman–Crippen MR) is 65.0 cm³/mol.